The van der Waals surface area contributed by atoms with Crippen LogP contribution in [0.25, 0.3) is 4.96 Å². The minimum absolute atomic E-state index is 0.0605. The standard InChI is InChI=1S/C15H21N3O2S/c1-10-8-18-12(9-21-15(18)17-10)5-6-14(20)16-7-11-3-2-4-13(11)19/h8-9,11,13,19H,2-7H2,1H3,(H,16,20). The second-order valence-corrected chi connectivity index (χ2v) is 6.66. The van der Waals surface area contributed by atoms with Crippen LogP contribution in [0.4, 0.5) is 0 Å². The van der Waals surface area contributed by atoms with Crippen molar-refractivity contribution in [3.8, 4) is 0 Å². The van der Waals surface area contributed by atoms with Gasteiger partial charge in [0.05, 0.1) is 11.8 Å². The molecular formula is C15H21N3O2S. The van der Waals surface area contributed by atoms with Crippen molar-refractivity contribution in [1.29, 1.82) is 0 Å². The summed E-state index contributed by atoms with van der Waals surface area (Å²) in [6, 6.07) is 0. The van der Waals surface area contributed by atoms with Crippen LogP contribution in [0.15, 0.2) is 11.6 Å². The lowest BCUT2D eigenvalue weighted by Crippen LogP contribution is -2.32. The van der Waals surface area contributed by atoms with Crippen molar-refractivity contribution < 1.29 is 9.90 Å². The van der Waals surface area contributed by atoms with Crippen LogP contribution in [-0.4, -0.2) is 33.0 Å². The number of hydrogen-bond donors (Lipinski definition) is 2. The van der Waals surface area contributed by atoms with E-state index in [4.69, 9.17) is 0 Å². The zero-order chi connectivity index (χ0) is 14.8. The molecule has 1 aliphatic carbocycles. The first-order chi connectivity index (χ1) is 10.1. The Balaban J connectivity index is 1.49. The molecule has 2 N–H and O–H groups in total. The van der Waals surface area contributed by atoms with E-state index in [0.717, 1.165) is 42.0 Å². The fourth-order valence-corrected chi connectivity index (χ4v) is 3.90. The van der Waals surface area contributed by atoms with Crippen molar-refractivity contribution in [1.82, 2.24) is 14.7 Å². The van der Waals surface area contributed by atoms with Crippen molar-refractivity contribution in [3.05, 3.63) is 23.0 Å². The minimum atomic E-state index is -0.240. The number of aromatic nitrogens is 2. The average molecular weight is 307 g/mol. The molecule has 1 fully saturated rings. The first kappa shape index (κ1) is 14.5. The van der Waals surface area contributed by atoms with Gasteiger partial charge in [-0.3, -0.25) is 9.20 Å². The lowest BCUT2D eigenvalue weighted by molar-refractivity contribution is -0.121. The van der Waals surface area contributed by atoms with Crippen molar-refractivity contribution in [3.63, 3.8) is 0 Å². The van der Waals surface area contributed by atoms with Gasteiger partial charge in [-0.2, -0.15) is 0 Å². The minimum Gasteiger partial charge on any atom is -0.393 e. The van der Waals surface area contributed by atoms with Gasteiger partial charge in [-0.05, 0) is 26.2 Å². The highest BCUT2D eigenvalue weighted by Gasteiger charge is 2.25. The van der Waals surface area contributed by atoms with E-state index in [1.54, 1.807) is 11.3 Å². The summed E-state index contributed by atoms with van der Waals surface area (Å²) < 4.78 is 2.06. The van der Waals surface area contributed by atoms with E-state index in [2.05, 4.69) is 20.1 Å². The van der Waals surface area contributed by atoms with Crippen LogP contribution < -0.4 is 5.32 Å². The van der Waals surface area contributed by atoms with Gasteiger partial charge in [0.2, 0.25) is 5.91 Å². The van der Waals surface area contributed by atoms with E-state index in [0.29, 0.717) is 13.0 Å². The molecule has 2 heterocycles. The lowest BCUT2D eigenvalue weighted by atomic mass is 10.1. The number of carbonyl (C=O) groups excluding carboxylic acids is 1. The summed E-state index contributed by atoms with van der Waals surface area (Å²) in [6.07, 6.45) is 5.91. The fraction of sp³-hybridized carbons (Fsp3) is 0.600. The molecule has 0 radical (unpaired) electrons. The molecule has 0 saturated heterocycles. The largest absolute Gasteiger partial charge is 0.393 e. The molecule has 6 heteroatoms. The van der Waals surface area contributed by atoms with Gasteiger partial charge in [0, 0.05) is 36.2 Å². The Hall–Kier alpha value is -1.40. The zero-order valence-electron chi connectivity index (χ0n) is 12.2. The van der Waals surface area contributed by atoms with Crippen LogP contribution in [0, 0.1) is 12.8 Å². The van der Waals surface area contributed by atoms with E-state index in [1.165, 1.54) is 0 Å². The molecule has 5 nitrogen and oxygen atoms in total. The third-order valence-electron chi connectivity index (χ3n) is 4.19. The number of hydrogen-bond acceptors (Lipinski definition) is 4. The number of amides is 1. The average Bonchev–Trinajstić information content (AvgIpc) is 3.11. The topological polar surface area (TPSA) is 66.6 Å². The first-order valence-corrected chi connectivity index (χ1v) is 8.38. The highest BCUT2D eigenvalue weighted by Crippen LogP contribution is 2.24. The third kappa shape index (κ3) is 3.27. The van der Waals surface area contributed by atoms with Crippen molar-refractivity contribution in [2.24, 2.45) is 5.92 Å². The maximum absolute atomic E-state index is 11.9. The van der Waals surface area contributed by atoms with E-state index >= 15 is 0 Å². The molecule has 3 rings (SSSR count). The molecule has 1 saturated carbocycles. The second kappa shape index (κ2) is 6.15. The Bertz CT molecular complexity index is 634. The molecule has 1 amide bonds. The van der Waals surface area contributed by atoms with Crippen LogP contribution in [0.2, 0.25) is 0 Å². The number of imidazole rings is 1. The summed E-state index contributed by atoms with van der Waals surface area (Å²) in [7, 11) is 0. The molecular weight excluding hydrogens is 286 g/mol. The lowest BCUT2D eigenvalue weighted by Gasteiger charge is -2.14. The summed E-state index contributed by atoms with van der Waals surface area (Å²) in [6.45, 7) is 2.58. The molecule has 0 bridgehead atoms. The van der Waals surface area contributed by atoms with E-state index in [1.807, 2.05) is 13.1 Å². The Morgan fingerprint density at radius 1 is 1.57 bits per heavy atom. The van der Waals surface area contributed by atoms with Gasteiger partial charge in [0.15, 0.2) is 4.96 Å². The van der Waals surface area contributed by atoms with Crippen molar-refractivity contribution in [2.45, 2.75) is 45.1 Å². The normalized spacial score (nSPS) is 22.0. The van der Waals surface area contributed by atoms with Gasteiger partial charge in [-0.15, -0.1) is 11.3 Å². The molecule has 21 heavy (non-hydrogen) atoms. The van der Waals surface area contributed by atoms with Gasteiger partial charge in [0.1, 0.15) is 0 Å². The fourth-order valence-electron chi connectivity index (χ4n) is 2.95. The van der Waals surface area contributed by atoms with E-state index in [-0.39, 0.29) is 17.9 Å². The number of carbonyl (C=O) groups is 1. The molecule has 114 valence electrons. The monoisotopic (exact) mass is 307 g/mol. The summed E-state index contributed by atoms with van der Waals surface area (Å²) in [5, 5.41) is 14.8. The molecule has 2 unspecified atom stereocenters. The Kier molecular flexibility index (Phi) is 4.26. The maximum Gasteiger partial charge on any atom is 0.220 e. The number of thiazole rings is 1. The number of aliphatic hydroxyl groups is 1. The molecule has 2 atom stereocenters. The molecule has 2 aromatic heterocycles. The van der Waals surface area contributed by atoms with Gasteiger partial charge in [0.25, 0.3) is 0 Å². The molecule has 2 aromatic rings. The van der Waals surface area contributed by atoms with Gasteiger partial charge in [-0.1, -0.05) is 6.42 Å². The number of nitrogens with one attached hydrogen (secondary N) is 1. The third-order valence-corrected chi connectivity index (χ3v) is 5.08. The van der Waals surface area contributed by atoms with Gasteiger partial charge >= 0.3 is 0 Å². The number of aliphatic hydroxyl groups excluding tert-OH is 1. The molecule has 1 aliphatic rings. The van der Waals surface area contributed by atoms with Crippen LogP contribution in [0.5, 0.6) is 0 Å². The van der Waals surface area contributed by atoms with Gasteiger partial charge in [-0.25, -0.2) is 4.98 Å². The molecule has 0 aromatic carbocycles. The zero-order valence-corrected chi connectivity index (χ0v) is 13.0. The van der Waals surface area contributed by atoms with Gasteiger partial charge < -0.3 is 10.4 Å². The summed E-state index contributed by atoms with van der Waals surface area (Å²) >= 11 is 1.61. The number of aryl methyl sites for hydroxylation is 2. The van der Waals surface area contributed by atoms with Crippen LogP contribution in [-0.2, 0) is 11.2 Å². The number of fused-ring (bicyclic) bond motifs is 1. The second-order valence-electron chi connectivity index (χ2n) is 5.82. The van der Waals surface area contributed by atoms with E-state index in [9.17, 15) is 9.90 Å². The van der Waals surface area contributed by atoms with Crippen LogP contribution in [0.1, 0.15) is 37.1 Å². The van der Waals surface area contributed by atoms with E-state index < -0.39 is 0 Å². The van der Waals surface area contributed by atoms with Crippen LogP contribution in [0.3, 0.4) is 0 Å². The Labute approximate surface area is 128 Å². The SMILES string of the molecule is Cc1cn2c(CCC(=O)NCC3CCCC3O)csc2n1. The highest BCUT2D eigenvalue weighted by molar-refractivity contribution is 7.15. The maximum atomic E-state index is 11.9. The summed E-state index contributed by atoms with van der Waals surface area (Å²) in [4.78, 5) is 17.3. The number of rotatable bonds is 5. The summed E-state index contributed by atoms with van der Waals surface area (Å²) in [5.41, 5.74) is 2.13. The summed E-state index contributed by atoms with van der Waals surface area (Å²) in [5.74, 6) is 0.295. The smallest absolute Gasteiger partial charge is 0.220 e. The van der Waals surface area contributed by atoms with Crippen molar-refractivity contribution in [2.75, 3.05) is 6.54 Å². The van der Waals surface area contributed by atoms with Crippen molar-refractivity contribution >= 4 is 22.2 Å². The predicted octanol–water partition coefficient (Wildman–Crippen LogP) is 1.91. The van der Waals surface area contributed by atoms with Crippen LogP contribution >= 0.6 is 11.3 Å². The Morgan fingerprint density at radius 2 is 2.43 bits per heavy atom. The number of nitrogens with zero attached hydrogens (tertiary/aromatic N) is 2. The predicted molar refractivity (Wildman–Crippen MR) is 82.5 cm³/mol. The molecule has 0 aliphatic heterocycles. The highest BCUT2D eigenvalue weighted by atomic mass is 32.1. The molecule has 0 spiro atoms. The quantitative estimate of drug-likeness (QED) is 0.887. The first-order valence-electron chi connectivity index (χ1n) is 7.50. The Morgan fingerprint density at radius 3 is 3.19 bits per heavy atom.